The van der Waals surface area contributed by atoms with Gasteiger partial charge >= 0.3 is 0 Å². The lowest BCUT2D eigenvalue weighted by Gasteiger charge is -2.43. The number of hydrogen-bond acceptors (Lipinski definition) is 3. The van der Waals surface area contributed by atoms with Gasteiger partial charge in [-0.05, 0) is 81.5 Å². The monoisotopic (exact) mass is 303 g/mol. The molecule has 0 aliphatic heterocycles. The molecule has 3 rings (SSSR count). The van der Waals surface area contributed by atoms with Gasteiger partial charge in [0.25, 0.3) is 0 Å². The van der Waals surface area contributed by atoms with Gasteiger partial charge < -0.3 is 17.2 Å². The van der Waals surface area contributed by atoms with Crippen molar-refractivity contribution < 1.29 is 0 Å². The Balaban J connectivity index is 1.74. The van der Waals surface area contributed by atoms with E-state index >= 15 is 0 Å². The number of allylic oxidation sites excluding steroid dienone is 3. The van der Waals surface area contributed by atoms with Gasteiger partial charge in [0.15, 0.2) is 0 Å². The van der Waals surface area contributed by atoms with Crippen molar-refractivity contribution in [2.75, 3.05) is 0 Å². The van der Waals surface area contributed by atoms with Gasteiger partial charge in [-0.2, -0.15) is 0 Å². The molecule has 3 nitrogen and oxygen atoms in total. The molecule has 0 radical (unpaired) electrons. The molecule has 4 unspecified atom stereocenters. The Labute approximate surface area is 135 Å². The summed E-state index contributed by atoms with van der Waals surface area (Å²) in [5.74, 6) is 3.18. The van der Waals surface area contributed by atoms with Gasteiger partial charge in [-0.1, -0.05) is 18.2 Å². The van der Waals surface area contributed by atoms with Crippen LogP contribution in [0, 0.1) is 23.7 Å². The molecule has 0 amide bonds. The van der Waals surface area contributed by atoms with Crippen LogP contribution in [-0.4, -0.2) is 12.1 Å². The smallest absolute Gasteiger partial charge is 0.0223 e. The van der Waals surface area contributed by atoms with Crippen LogP contribution in [0.25, 0.3) is 0 Å². The van der Waals surface area contributed by atoms with E-state index in [0.717, 1.165) is 42.2 Å². The van der Waals surface area contributed by atoms with Gasteiger partial charge in [0.1, 0.15) is 0 Å². The summed E-state index contributed by atoms with van der Waals surface area (Å²) < 4.78 is 0. The summed E-state index contributed by atoms with van der Waals surface area (Å²) in [6.45, 7) is 0. The zero-order chi connectivity index (χ0) is 15.5. The molecule has 124 valence electrons. The van der Waals surface area contributed by atoms with Crippen LogP contribution in [0.2, 0.25) is 0 Å². The molecule has 0 aromatic carbocycles. The predicted molar refractivity (Wildman–Crippen MR) is 92.9 cm³/mol. The van der Waals surface area contributed by atoms with Crippen LogP contribution in [0.15, 0.2) is 23.9 Å². The van der Waals surface area contributed by atoms with Crippen molar-refractivity contribution in [3.8, 4) is 0 Å². The van der Waals surface area contributed by atoms with Crippen LogP contribution < -0.4 is 17.2 Å². The van der Waals surface area contributed by atoms with Crippen LogP contribution in [0.5, 0.6) is 0 Å². The van der Waals surface area contributed by atoms with Gasteiger partial charge in [0.2, 0.25) is 0 Å². The van der Waals surface area contributed by atoms with E-state index in [1.165, 1.54) is 44.9 Å². The summed E-state index contributed by atoms with van der Waals surface area (Å²) in [5.41, 5.74) is 19.3. The molecule has 22 heavy (non-hydrogen) atoms. The van der Waals surface area contributed by atoms with E-state index in [-0.39, 0.29) is 6.04 Å². The van der Waals surface area contributed by atoms with Crippen molar-refractivity contribution in [1.82, 2.24) is 0 Å². The van der Waals surface area contributed by atoms with Crippen molar-refractivity contribution in [1.29, 1.82) is 0 Å². The Morgan fingerprint density at radius 3 is 2.23 bits per heavy atom. The first-order valence-electron chi connectivity index (χ1n) is 9.27. The summed E-state index contributed by atoms with van der Waals surface area (Å²) in [4.78, 5) is 0. The van der Waals surface area contributed by atoms with Crippen molar-refractivity contribution in [2.24, 2.45) is 40.9 Å². The third-order valence-electron chi connectivity index (χ3n) is 6.32. The molecule has 1 saturated carbocycles. The third kappa shape index (κ3) is 3.75. The first kappa shape index (κ1) is 16.1. The molecule has 0 bridgehead atoms. The predicted octanol–water partition coefficient (Wildman–Crippen LogP) is 3.06. The lowest BCUT2D eigenvalue weighted by molar-refractivity contribution is 0.111. The molecule has 0 aromatic heterocycles. The summed E-state index contributed by atoms with van der Waals surface area (Å²) in [6, 6.07) is 0.715. The summed E-state index contributed by atoms with van der Waals surface area (Å²) in [7, 11) is 0. The Morgan fingerprint density at radius 1 is 0.864 bits per heavy atom. The Morgan fingerprint density at radius 2 is 1.64 bits per heavy atom. The first-order chi connectivity index (χ1) is 10.6. The third-order valence-corrected chi connectivity index (χ3v) is 6.32. The second-order valence-electron chi connectivity index (χ2n) is 7.86. The van der Waals surface area contributed by atoms with E-state index < -0.39 is 0 Å². The number of rotatable bonds is 3. The average molecular weight is 303 g/mol. The standard InChI is InChI=1S/C19H33N3/c20-16-7-1-13(2-8-16)19(14-3-9-17(21)10-4-14)15-5-11-18(22)12-6-15/h1,7,9,13-16,18-19H,2-6,8,10-12,20-22H2. The molecule has 0 spiro atoms. The van der Waals surface area contributed by atoms with Crippen molar-refractivity contribution >= 4 is 0 Å². The molecular formula is C19H33N3. The fourth-order valence-corrected chi connectivity index (χ4v) is 5.02. The van der Waals surface area contributed by atoms with Crippen LogP contribution in [0.1, 0.15) is 57.8 Å². The lowest BCUT2D eigenvalue weighted by atomic mass is 9.63. The van der Waals surface area contributed by atoms with Crippen molar-refractivity contribution in [2.45, 2.75) is 69.9 Å². The van der Waals surface area contributed by atoms with Gasteiger partial charge in [0, 0.05) is 17.8 Å². The summed E-state index contributed by atoms with van der Waals surface area (Å²) in [6.07, 6.45) is 18.0. The van der Waals surface area contributed by atoms with Crippen LogP contribution in [0.3, 0.4) is 0 Å². The highest BCUT2D eigenvalue weighted by molar-refractivity contribution is 5.08. The highest BCUT2D eigenvalue weighted by Crippen LogP contribution is 2.45. The van der Waals surface area contributed by atoms with E-state index in [1.807, 2.05) is 0 Å². The average Bonchev–Trinajstić information content (AvgIpc) is 2.53. The highest BCUT2D eigenvalue weighted by atomic mass is 14.6. The maximum Gasteiger partial charge on any atom is 0.0223 e. The number of nitrogens with two attached hydrogens (primary N) is 3. The van der Waals surface area contributed by atoms with E-state index in [2.05, 4.69) is 18.2 Å². The van der Waals surface area contributed by atoms with Crippen LogP contribution in [0.4, 0.5) is 0 Å². The molecule has 6 N–H and O–H groups in total. The van der Waals surface area contributed by atoms with E-state index in [1.54, 1.807) is 0 Å². The van der Waals surface area contributed by atoms with E-state index in [0.29, 0.717) is 6.04 Å². The van der Waals surface area contributed by atoms with Crippen molar-refractivity contribution in [3.63, 3.8) is 0 Å². The highest BCUT2D eigenvalue weighted by Gasteiger charge is 2.37. The molecule has 0 aromatic rings. The SMILES string of the molecule is NC1=CCC(C(C2C=CC(N)CC2)C2CCC(N)CC2)CC1. The summed E-state index contributed by atoms with van der Waals surface area (Å²) in [5, 5.41) is 0. The topological polar surface area (TPSA) is 78.1 Å². The molecule has 0 heterocycles. The maximum absolute atomic E-state index is 6.13. The largest absolute Gasteiger partial charge is 0.402 e. The van der Waals surface area contributed by atoms with Gasteiger partial charge in [-0.25, -0.2) is 0 Å². The fourth-order valence-electron chi connectivity index (χ4n) is 5.02. The van der Waals surface area contributed by atoms with Gasteiger partial charge in [-0.3, -0.25) is 0 Å². The molecule has 4 atom stereocenters. The Hall–Kier alpha value is -0.800. The van der Waals surface area contributed by atoms with Crippen LogP contribution in [-0.2, 0) is 0 Å². The second-order valence-corrected chi connectivity index (χ2v) is 7.86. The Kier molecular flexibility index (Phi) is 5.25. The fraction of sp³-hybridized carbons (Fsp3) is 0.789. The molecule has 3 heteroatoms. The van der Waals surface area contributed by atoms with E-state index in [4.69, 9.17) is 17.2 Å². The van der Waals surface area contributed by atoms with Crippen molar-refractivity contribution in [3.05, 3.63) is 23.9 Å². The summed E-state index contributed by atoms with van der Waals surface area (Å²) >= 11 is 0. The normalized spacial score (nSPS) is 41.0. The number of hydrogen-bond donors (Lipinski definition) is 3. The van der Waals surface area contributed by atoms with E-state index in [9.17, 15) is 0 Å². The minimum atomic E-state index is 0.276. The maximum atomic E-state index is 6.13. The first-order valence-corrected chi connectivity index (χ1v) is 9.27. The minimum absolute atomic E-state index is 0.276. The molecule has 3 aliphatic rings. The van der Waals surface area contributed by atoms with Gasteiger partial charge in [0.05, 0.1) is 0 Å². The Bertz CT molecular complexity index is 420. The molecule has 0 saturated heterocycles. The molecule has 1 fully saturated rings. The molecule has 3 aliphatic carbocycles. The zero-order valence-corrected chi connectivity index (χ0v) is 13.8. The molecular weight excluding hydrogens is 270 g/mol. The second kappa shape index (κ2) is 7.18. The lowest BCUT2D eigenvalue weighted by Crippen LogP contribution is -2.38. The zero-order valence-electron chi connectivity index (χ0n) is 13.8. The van der Waals surface area contributed by atoms with Gasteiger partial charge in [-0.15, -0.1) is 0 Å². The van der Waals surface area contributed by atoms with Crippen LogP contribution >= 0.6 is 0 Å². The minimum Gasteiger partial charge on any atom is -0.402 e. The quantitative estimate of drug-likeness (QED) is 0.701.